The molecule has 0 aliphatic carbocycles. The van der Waals surface area contributed by atoms with Gasteiger partial charge in [0, 0.05) is 17.4 Å². The van der Waals surface area contributed by atoms with Gasteiger partial charge >= 0.3 is 0 Å². The number of hydrogen-bond acceptors (Lipinski definition) is 3. The zero-order chi connectivity index (χ0) is 17.4. The van der Waals surface area contributed by atoms with E-state index in [4.69, 9.17) is 11.6 Å². The van der Waals surface area contributed by atoms with E-state index in [2.05, 4.69) is 10.3 Å². The van der Waals surface area contributed by atoms with Gasteiger partial charge in [-0.05, 0) is 43.3 Å². The largest absolute Gasteiger partial charge is 0.507 e. The summed E-state index contributed by atoms with van der Waals surface area (Å²) in [5.74, 6) is 0.937. The molecule has 4 aromatic rings. The number of halogens is 1. The Hall–Kier alpha value is -2.98. The first-order valence-corrected chi connectivity index (χ1v) is 8.29. The highest BCUT2D eigenvalue weighted by atomic mass is 35.5. The van der Waals surface area contributed by atoms with Gasteiger partial charge < -0.3 is 10.4 Å². The number of aromatic hydroxyl groups is 1. The van der Waals surface area contributed by atoms with Crippen molar-refractivity contribution in [1.29, 1.82) is 0 Å². The minimum atomic E-state index is 0.184. The van der Waals surface area contributed by atoms with E-state index in [0.717, 1.165) is 17.2 Å². The second-order valence-electron chi connectivity index (χ2n) is 5.89. The highest BCUT2D eigenvalue weighted by molar-refractivity contribution is 6.30. The lowest BCUT2D eigenvalue weighted by Crippen LogP contribution is -1.97. The lowest BCUT2D eigenvalue weighted by atomic mass is 10.1. The quantitative estimate of drug-likeness (QED) is 0.519. The van der Waals surface area contributed by atoms with Gasteiger partial charge in [0.2, 0.25) is 0 Å². The molecule has 0 saturated heterocycles. The molecule has 2 aromatic heterocycles. The molecule has 4 rings (SSSR count). The number of anilines is 2. The number of para-hydroxylation sites is 1. The van der Waals surface area contributed by atoms with Crippen LogP contribution >= 0.6 is 11.6 Å². The number of benzene rings is 2. The SMILES string of the molecule is Cc1ccc(Nc2c(-c3ccccc3O)nc3ccc(Cl)cn23)cc1. The Morgan fingerprint density at radius 2 is 1.76 bits per heavy atom. The summed E-state index contributed by atoms with van der Waals surface area (Å²) in [5.41, 5.74) is 4.20. The van der Waals surface area contributed by atoms with Crippen LogP contribution < -0.4 is 5.32 Å². The summed E-state index contributed by atoms with van der Waals surface area (Å²) in [5, 5.41) is 14.3. The van der Waals surface area contributed by atoms with Crippen molar-refractivity contribution in [1.82, 2.24) is 9.38 Å². The molecular formula is C20H16ClN3O. The molecule has 0 bridgehead atoms. The maximum Gasteiger partial charge on any atom is 0.143 e. The lowest BCUT2D eigenvalue weighted by molar-refractivity contribution is 0.477. The summed E-state index contributed by atoms with van der Waals surface area (Å²) < 4.78 is 1.89. The molecule has 0 spiro atoms. The summed E-state index contributed by atoms with van der Waals surface area (Å²) in [6.45, 7) is 2.05. The Labute approximate surface area is 150 Å². The average Bonchev–Trinajstić information content (AvgIpc) is 2.95. The van der Waals surface area contributed by atoms with Crippen LogP contribution in [0.4, 0.5) is 11.5 Å². The predicted molar refractivity (Wildman–Crippen MR) is 102 cm³/mol. The number of nitrogens with one attached hydrogen (secondary N) is 1. The van der Waals surface area contributed by atoms with Crippen molar-refractivity contribution in [2.24, 2.45) is 0 Å². The molecule has 0 aliphatic rings. The van der Waals surface area contributed by atoms with Gasteiger partial charge in [-0.1, -0.05) is 41.4 Å². The van der Waals surface area contributed by atoms with Gasteiger partial charge in [-0.15, -0.1) is 0 Å². The minimum absolute atomic E-state index is 0.184. The van der Waals surface area contributed by atoms with Crippen molar-refractivity contribution < 1.29 is 5.11 Å². The van der Waals surface area contributed by atoms with Crippen LogP contribution in [0.25, 0.3) is 16.9 Å². The van der Waals surface area contributed by atoms with Crippen LogP contribution in [0.2, 0.25) is 5.02 Å². The molecule has 2 N–H and O–H groups in total. The summed E-state index contributed by atoms with van der Waals surface area (Å²) in [7, 11) is 0. The molecule has 0 saturated carbocycles. The fourth-order valence-corrected chi connectivity index (χ4v) is 2.93. The van der Waals surface area contributed by atoms with Crippen LogP contribution in [-0.4, -0.2) is 14.5 Å². The van der Waals surface area contributed by atoms with E-state index in [-0.39, 0.29) is 5.75 Å². The van der Waals surface area contributed by atoms with Crippen molar-refractivity contribution in [3.8, 4) is 17.0 Å². The molecule has 0 aliphatic heterocycles. The number of phenolic OH excluding ortho intramolecular Hbond substituents is 1. The van der Waals surface area contributed by atoms with Gasteiger partial charge in [0.05, 0.1) is 5.02 Å². The number of nitrogens with zero attached hydrogens (tertiary/aromatic N) is 2. The summed E-state index contributed by atoms with van der Waals surface area (Å²) in [6.07, 6.45) is 1.81. The summed E-state index contributed by atoms with van der Waals surface area (Å²) in [4.78, 5) is 4.68. The maximum absolute atomic E-state index is 10.3. The van der Waals surface area contributed by atoms with Crippen LogP contribution in [0.15, 0.2) is 66.9 Å². The molecule has 2 aromatic carbocycles. The number of phenols is 1. The summed E-state index contributed by atoms with van der Waals surface area (Å²) in [6, 6.07) is 18.9. The monoisotopic (exact) mass is 349 g/mol. The van der Waals surface area contributed by atoms with Crippen molar-refractivity contribution in [3.05, 3.63) is 77.4 Å². The maximum atomic E-state index is 10.3. The van der Waals surface area contributed by atoms with E-state index in [1.807, 2.05) is 60.0 Å². The fraction of sp³-hybridized carbons (Fsp3) is 0.0500. The molecule has 0 amide bonds. The van der Waals surface area contributed by atoms with Gasteiger partial charge in [-0.25, -0.2) is 4.98 Å². The third-order valence-electron chi connectivity index (χ3n) is 4.06. The third kappa shape index (κ3) is 2.92. The highest BCUT2D eigenvalue weighted by Crippen LogP contribution is 2.36. The van der Waals surface area contributed by atoms with Crippen molar-refractivity contribution in [3.63, 3.8) is 0 Å². The van der Waals surface area contributed by atoms with Gasteiger partial charge in [0.1, 0.15) is 22.9 Å². The first-order valence-electron chi connectivity index (χ1n) is 7.91. The lowest BCUT2D eigenvalue weighted by Gasteiger charge is -2.10. The second-order valence-corrected chi connectivity index (χ2v) is 6.33. The van der Waals surface area contributed by atoms with Crippen LogP contribution in [0.5, 0.6) is 5.75 Å². The number of hydrogen-bond donors (Lipinski definition) is 2. The highest BCUT2D eigenvalue weighted by Gasteiger charge is 2.17. The van der Waals surface area contributed by atoms with Gasteiger partial charge in [-0.2, -0.15) is 0 Å². The van der Waals surface area contributed by atoms with E-state index >= 15 is 0 Å². The number of pyridine rings is 1. The molecule has 5 heteroatoms. The zero-order valence-corrected chi connectivity index (χ0v) is 14.3. The Morgan fingerprint density at radius 3 is 2.52 bits per heavy atom. The molecule has 124 valence electrons. The molecule has 2 heterocycles. The normalized spacial score (nSPS) is 11.0. The first-order chi connectivity index (χ1) is 12.1. The first kappa shape index (κ1) is 15.5. The van der Waals surface area contributed by atoms with Crippen molar-refractivity contribution >= 4 is 28.8 Å². The van der Waals surface area contributed by atoms with E-state index in [1.165, 1.54) is 5.56 Å². The van der Waals surface area contributed by atoms with Gasteiger partial charge in [-0.3, -0.25) is 4.40 Å². The Bertz CT molecular complexity index is 1050. The number of aryl methyl sites for hydroxylation is 1. The minimum Gasteiger partial charge on any atom is -0.507 e. The van der Waals surface area contributed by atoms with Crippen LogP contribution in [0.1, 0.15) is 5.56 Å². The van der Waals surface area contributed by atoms with E-state index in [0.29, 0.717) is 16.3 Å². The van der Waals surface area contributed by atoms with Crippen LogP contribution in [0, 0.1) is 6.92 Å². The fourth-order valence-electron chi connectivity index (χ4n) is 2.77. The van der Waals surface area contributed by atoms with Crippen molar-refractivity contribution in [2.45, 2.75) is 6.92 Å². The van der Waals surface area contributed by atoms with Crippen LogP contribution in [0.3, 0.4) is 0 Å². The van der Waals surface area contributed by atoms with E-state index in [9.17, 15) is 5.11 Å². The molecule has 0 unspecified atom stereocenters. The van der Waals surface area contributed by atoms with Crippen LogP contribution in [-0.2, 0) is 0 Å². The Kier molecular flexibility index (Phi) is 3.82. The van der Waals surface area contributed by atoms with Gasteiger partial charge in [0.25, 0.3) is 0 Å². The number of aromatic nitrogens is 2. The molecule has 25 heavy (non-hydrogen) atoms. The van der Waals surface area contributed by atoms with Gasteiger partial charge in [0.15, 0.2) is 0 Å². The Balaban J connectivity index is 1.93. The van der Waals surface area contributed by atoms with Crippen molar-refractivity contribution in [2.75, 3.05) is 5.32 Å². The molecule has 0 atom stereocenters. The molecule has 0 radical (unpaired) electrons. The smallest absolute Gasteiger partial charge is 0.143 e. The summed E-state index contributed by atoms with van der Waals surface area (Å²) >= 11 is 6.18. The third-order valence-corrected chi connectivity index (χ3v) is 4.28. The number of fused-ring (bicyclic) bond motifs is 1. The Morgan fingerprint density at radius 1 is 1.00 bits per heavy atom. The molecular weight excluding hydrogens is 334 g/mol. The predicted octanol–water partition coefficient (Wildman–Crippen LogP) is 5.41. The number of imidazole rings is 1. The standard InChI is InChI=1S/C20H16ClN3O/c1-13-6-9-15(10-7-13)22-20-19(16-4-2-3-5-17(16)25)23-18-11-8-14(21)12-24(18)20/h2-12,22,25H,1H3. The number of rotatable bonds is 3. The second kappa shape index (κ2) is 6.15. The molecule has 0 fully saturated rings. The van der Waals surface area contributed by atoms with E-state index < -0.39 is 0 Å². The zero-order valence-electron chi connectivity index (χ0n) is 13.6. The van der Waals surface area contributed by atoms with E-state index in [1.54, 1.807) is 18.2 Å². The topological polar surface area (TPSA) is 49.6 Å². The molecule has 4 nitrogen and oxygen atoms in total. The average molecular weight is 350 g/mol.